The molecule has 130 valence electrons. The van der Waals surface area contributed by atoms with Gasteiger partial charge in [-0.1, -0.05) is 12.0 Å². The Hall–Kier alpha value is -3.57. The van der Waals surface area contributed by atoms with Gasteiger partial charge < -0.3 is 5.73 Å². The average Bonchev–Trinajstić information content (AvgIpc) is 3.05. The van der Waals surface area contributed by atoms with E-state index in [0.717, 1.165) is 4.68 Å². The third-order valence-electron chi connectivity index (χ3n) is 3.49. The summed E-state index contributed by atoms with van der Waals surface area (Å²) in [5.74, 6) is 6.29. The summed E-state index contributed by atoms with van der Waals surface area (Å²) in [6.45, 7) is -0.00927. The van der Waals surface area contributed by atoms with Gasteiger partial charge in [0.05, 0.1) is 12.9 Å². The summed E-state index contributed by atoms with van der Waals surface area (Å²) >= 11 is 0. The van der Waals surface area contributed by atoms with Gasteiger partial charge >= 0.3 is 5.69 Å². The first-order valence-corrected chi connectivity index (χ1v) is 7.73. The van der Waals surface area contributed by atoms with Crippen LogP contribution >= 0.6 is 0 Å². The van der Waals surface area contributed by atoms with Crippen LogP contribution < -0.4 is 11.4 Å². The highest BCUT2D eigenvalue weighted by Crippen LogP contribution is 2.05. The Balaban J connectivity index is 1.89. The summed E-state index contributed by atoms with van der Waals surface area (Å²) in [5.41, 5.74) is 6.54. The molecule has 0 aliphatic rings. The Labute approximate surface area is 148 Å². The monoisotopic (exact) mass is 350 g/mol. The Bertz CT molecular complexity index is 1040. The van der Waals surface area contributed by atoms with Crippen molar-refractivity contribution in [1.82, 2.24) is 24.3 Å². The number of pyridine rings is 2. The summed E-state index contributed by atoms with van der Waals surface area (Å²) in [5, 5.41) is 3.97. The molecule has 3 heterocycles. The molecule has 3 aromatic heterocycles. The van der Waals surface area contributed by atoms with Gasteiger partial charge in [0.25, 0.3) is 0 Å². The average molecular weight is 350 g/mol. The first kappa shape index (κ1) is 17.3. The van der Waals surface area contributed by atoms with Crippen LogP contribution in [-0.4, -0.2) is 30.9 Å². The van der Waals surface area contributed by atoms with Crippen LogP contribution in [0.5, 0.6) is 0 Å². The highest BCUT2D eigenvalue weighted by Gasteiger charge is 2.09. The van der Waals surface area contributed by atoms with Crippen molar-refractivity contribution in [3.05, 3.63) is 82.7 Å². The minimum absolute atomic E-state index is 0.00659. The van der Waals surface area contributed by atoms with E-state index < -0.39 is 5.69 Å². The maximum atomic E-state index is 12.7. The van der Waals surface area contributed by atoms with Crippen LogP contribution in [0.25, 0.3) is 5.82 Å². The van der Waals surface area contributed by atoms with Crippen molar-refractivity contribution in [2.24, 2.45) is 5.73 Å². The maximum Gasteiger partial charge on any atom is 0.351 e. The molecule has 0 radical (unpaired) electrons. The van der Waals surface area contributed by atoms with Crippen LogP contribution in [0, 0.1) is 11.8 Å². The van der Waals surface area contributed by atoms with Crippen LogP contribution in [0.2, 0.25) is 0 Å². The molecule has 26 heavy (non-hydrogen) atoms. The largest absolute Gasteiger partial charge is 0.351 e. The van der Waals surface area contributed by atoms with Gasteiger partial charge in [0.1, 0.15) is 17.8 Å². The van der Waals surface area contributed by atoms with Gasteiger partial charge in [0.2, 0.25) is 0 Å². The summed E-state index contributed by atoms with van der Waals surface area (Å²) in [6.07, 6.45) is 4.93. The Kier molecular flexibility index (Phi) is 5.31. The topological polar surface area (TPSA) is 91.6 Å². The van der Waals surface area contributed by atoms with Crippen molar-refractivity contribution in [2.45, 2.75) is 6.54 Å². The van der Waals surface area contributed by atoms with Gasteiger partial charge in [-0.3, -0.25) is 0 Å². The van der Waals surface area contributed by atoms with E-state index in [1.165, 1.54) is 10.9 Å². The molecule has 0 atom stereocenters. The molecule has 0 aliphatic heterocycles. The van der Waals surface area contributed by atoms with Crippen LogP contribution in [0.4, 0.5) is 4.39 Å². The fourth-order valence-corrected chi connectivity index (χ4v) is 2.14. The molecular weight excluding hydrogens is 335 g/mol. The minimum Gasteiger partial charge on any atom is -0.327 e. The lowest BCUT2D eigenvalue weighted by Gasteiger charge is -2.02. The first-order chi connectivity index (χ1) is 12.7. The second-order valence-electron chi connectivity index (χ2n) is 5.28. The molecule has 8 heteroatoms. The molecule has 0 aromatic carbocycles. The molecule has 2 N–H and O–H groups in total. The number of hydrogen-bond acceptors (Lipinski definition) is 5. The van der Waals surface area contributed by atoms with Crippen LogP contribution in [-0.2, 0) is 6.54 Å². The van der Waals surface area contributed by atoms with Gasteiger partial charge in [-0.15, -0.1) is 0 Å². The Morgan fingerprint density at radius 2 is 2.12 bits per heavy atom. The van der Waals surface area contributed by atoms with Gasteiger partial charge in [0.15, 0.2) is 0 Å². The molecule has 0 saturated heterocycles. The van der Waals surface area contributed by atoms with Crippen molar-refractivity contribution in [3.63, 3.8) is 0 Å². The second kappa shape index (κ2) is 8.00. The molecule has 0 bridgehead atoms. The lowest BCUT2D eigenvalue weighted by atomic mass is 10.2. The van der Waals surface area contributed by atoms with E-state index in [9.17, 15) is 9.18 Å². The zero-order valence-corrected chi connectivity index (χ0v) is 13.7. The first-order valence-electron chi connectivity index (χ1n) is 7.73. The summed E-state index contributed by atoms with van der Waals surface area (Å²) in [4.78, 5) is 20.7. The van der Waals surface area contributed by atoms with E-state index in [1.807, 2.05) is 12.1 Å². The highest BCUT2D eigenvalue weighted by atomic mass is 19.1. The Morgan fingerprint density at radius 1 is 1.23 bits per heavy atom. The molecule has 3 aromatic rings. The van der Waals surface area contributed by atoms with E-state index in [4.69, 9.17) is 5.73 Å². The SMILES string of the molecule is NC/C(=C\F)Cn1ncn(-c2cc(C#Cc3ccccn3)ccn2)c1=O. The molecule has 0 fully saturated rings. The summed E-state index contributed by atoms with van der Waals surface area (Å²) < 4.78 is 15.0. The molecule has 7 nitrogen and oxygen atoms in total. The second-order valence-corrected chi connectivity index (χ2v) is 5.28. The lowest BCUT2D eigenvalue weighted by molar-refractivity contribution is 0.612. The van der Waals surface area contributed by atoms with Crippen molar-refractivity contribution in [2.75, 3.05) is 6.54 Å². The van der Waals surface area contributed by atoms with Gasteiger partial charge in [-0.2, -0.15) is 5.10 Å². The number of nitrogens with zero attached hydrogens (tertiary/aromatic N) is 5. The standard InChI is InChI=1S/C18H15FN6O/c19-10-15(11-20)12-25-18(26)24(13-23-25)17-9-14(6-8-22-17)4-5-16-3-1-2-7-21-16/h1-3,6-10,13H,11-12,20H2/b15-10+. The molecule has 0 unspecified atom stereocenters. The Morgan fingerprint density at radius 3 is 2.85 bits per heavy atom. The number of rotatable bonds is 4. The fraction of sp³-hybridized carbons (Fsp3) is 0.111. The normalized spacial score (nSPS) is 11.1. The van der Waals surface area contributed by atoms with E-state index in [-0.39, 0.29) is 18.7 Å². The maximum absolute atomic E-state index is 12.7. The highest BCUT2D eigenvalue weighted by molar-refractivity contribution is 5.42. The lowest BCUT2D eigenvalue weighted by Crippen LogP contribution is -2.26. The summed E-state index contributed by atoms with van der Waals surface area (Å²) in [6, 6.07) is 8.86. The smallest absolute Gasteiger partial charge is 0.327 e. The third kappa shape index (κ3) is 3.91. The van der Waals surface area contributed by atoms with Crippen LogP contribution in [0.1, 0.15) is 11.3 Å². The van der Waals surface area contributed by atoms with Crippen molar-refractivity contribution in [1.29, 1.82) is 0 Å². The van der Waals surface area contributed by atoms with E-state index in [1.54, 1.807) is 30.6 Å². The van der Waals surface area contributed by atoms with Gasteiger partial charge in [-0.05, 0) is 35.8 Å². The quantitative estimate of drug-likeness (QED) is 0.710. The van der Waals surface area contributed by atoms with Crippen molar-refractivity contribution in [3.8, 4) is 17.7 Å². The van der Waals surface area contributed by atoms with E-state index >= 15 is 0 Å². The molecule has 0 amide bonds. The molecular formula is C18H15FN6O. The predicted molar refractivity (Wildman–Crippen MR) is 94.1 cm³/mol. The van der Waals surface area contributed by atoms with E-state index in [0.29, 0.717) is 23.4 Å². The van der Waals surface area contributed by atoms with Gasteiger partial charge in [-0.25, -0.2) is 28.4 Å². The zero-order chi connectivity index (χ0) is 18.4. The number of halogens is 1. The van der Waals surface area contributed by atoms with Crippen LogP contribution in [0.15, 0.2) is 65.8 Å². The van der Waals surface area contributed by atoms with Crippen molar-refractivity contribution < 1.29 is 4.39 Å². The number of aromatic nitrogens is 5. The minimum atomic E-state index is -0.444. The summed E-state index contributed by atoms with van der Waals surface area (Å²) in [7, 11) is 0. The molecule has 0 aliphatic carbocycles. The molecule has 0 saturated carbocycles. The molecule has 3 rings (SSSR count). The number of nitrogens with two attached hydrogens (primary N) is 1. The van der Waals surface area contributed by atoms with Gasteiger partial charge in [0, 0.05) is 24.5 Å². The van der Waals surface area contributed by atoms with Crippen LogP contribution in [0.3, 0.4) is 0 Å². The fourth-order valence-electron chi connectivity index (χ4n) is 2.14. The number of hydrogen-bond donors (Lipinski definition) is 1. The predicted octanol–water partition coefficient (Wildman–Crippen LogP) is 1.04. The van der Waals surface area contributed by atoms with Crippen molar-refractivity contribution >= 4 is 0 Å². The molecule has 0 spiro atoms. The zero-order valence-electron chi connectivity index (χ0n) is 13.7. The van der Waals surface area contributed by atoms with E-state index in [2.05, 4.69) is 26.9 Å². The third-order valence-corrected chi connectivity index (χ3v) is 3.49.